The van der Waals surface area contributed by atoms with E-state index < -0.39 is 11.9 Å². The number of carbonyl (C=O) groups is 1. The van der Waals surface area contributed by atoms with E-state index >= 15 is 0 Å². The van der Waals surface area contributed by atoms with Gasteiger partial charge in [-0.05, 0) is 33.5 Å². The molecule has 0 aliphatic heterocycles. The van der Waals surface area contributed by atoms with Crippen molar-refractivity contribution in [2.45, 2.75) is 19.8 Å². The maximum atomic E-state index is 11.0. The Morgan fingerprint density at radius 3 is 2.33 bits per heavy atom. The third kappa shape index (κ3) is 2.77. The van der Waals surface area contributed by atoms with Crippen LogP contribution in [0.4, 0.5) is 0 Å². The number of hydrogen-bond donors (Lipinski definition) is 1. The summed E-state index contributed by atoms with van der Waals surface area (Å²) in [4.78, 5) is 11.0. The minimum Gasteiger partial charge on any atom is -0.495 e. The Morgan fingerprint density at radius 2 is 1.89 bits per heavy atom. The highest BCUT2D eigenvalue weighted by molar-refractivity contribution is 9.10. The Bertz CT molecular complexity index is 445. The van der Waals surface area contributed by atoms with Crippen LogP contribution in [-0.2, 0) is 4.79 Å². The molecular formula is C13H17BrO4. The van der Waals surface area contributed by atoms with Crippen molar-refractivity contribution < 1.29 is 19.4 Å². The Kier molecular flexibility index (Phi) is 5.02. The van der Waals surface area contributed by atoms with Gasteiger partial charge >= 0.3 is 5.97 Å². The number of carboxylic acids is 1. The Labute approximate surface area is 115 Å². The van der Waals surface area contributed by atoms with Crippen molar-refractivity contribution >= 4 is 21.9 Å². The molecule has 0 radical (unpaired) electrons. The first-order valence-corrected chi connectivity index (χ1v) is 6.36. The van der Waals surface area contributed by atoms with Gasteiger partial charge in [0.25, 0.3) is 0 Å². The quantitative estimate of drug-likeness (QED) is 0.905. The first kappa shape index (κ1) is 14.8. The van der Waals surface area contributed by atoms with Gasteiger partial charge in [-0.15, -0.1) is 0 Å². The van der Waals surface area contributed by atoms with Gasteiger partial charge in [-0.1, -0.05) is 19.9 Å². The fourth-order valence-electron chi connectivity index (χ4n) is 1.76. The molecule has 18 heavy (non-hydrogen) atoms. The zero-order valence-corrected chi connectivity index (χ0v) is 12.4. The number of carboxylic acid groups (broad SMARTS) is 1. The number of hydrogen-bond acceptors (Lipinski definition) is 3. The Morgan fingerprint density at radius 1 is 1.28 bits per heavy atom. The molecule has 0 heterocycles. The summed E-state index contributed by atoms with van der Waals surface area (Å²) in [6, 6.07) is 3.64. The molecule has 0 saturated carbocycles. The molecule has 0 aliphatic carbocycles. The van der Waals surface area contributed by atoms with Crippen LogP contribution in [0.5, 0.6) is 11.5 Å². The summed E-state index contributed by atoms with van der Waals surface area (Å²) in [6.45, 7) is 3.56. The van der Waals surface area contributed by atoms with Crippen LogP contribution >= 0.6 is 15.9 Å². The minimum atomic E-state index is -0.823. The second-order valence-corrected chi connectivity index (χ2v) is 4.91. The van der Waals surface area contributed by atoms with Crippen molar-refractivity contribution in [2.24, 2.45) is 5.92 Å². The minimum absolute atomic E-state index is 0.153. The molecule has 1 aromatic carbocycles. The molecule has 4 nitrogen and oxygen atoms in total. The third-order valence-electron chi connectivity index (χ3n) is 3.15. The largest absolute Gasteiger partial charge is 0.495 e. The predicted octanol–water partition coefficient (Wildman–Crippen LogP) is 3.29. The van der Waals surface area contributed by atoms with Crippen molar-refractivity contribution in [3.8, 4) is 11.5 Å². The Balaban J connectivity index is 3.25. The molecule has 2 unspecified atom stereocenters. The molecule has 0 saturated heterocycles. The van der Waals surface area contributed by atoms with Crippen LogP contribution in [0.3, 0.4) is 0 Å². The van der Waals surface area contributed by atoms with Crippen LogP contribution in [0.25, 0.3) is 0 Å². The fraction of sp³-hybridized carbons (Fsp3) is 0.462. The maximum absolute atomic E-state index is 11.0. The lowest BCUT2D eigenvalue weighted by molar-refractivity contribution is -0.141. The molecule has 5 heteroatoms. The van der Waals surface area contributed by atoms with E-state index in [0.29, 0.717) is 16.0 Å². The van der Waals surface area contributed by atoms with Gasteiger partial charge in [-0.25, -0.2) is 0 Å². The summed E-state index contributed by atoms with van der Waals surface area (Å²) in [5, 5.41) is 9.07. The zero-order valence-electron chi connectivity index (χ0n) is 10.9. The number of benzene rings is 1. The van der Waals surface area contributed by atoms with Crippen molar-refractivity contribution in [1.29, 1.82) is 0 Å². The van der Waals surface area contributed by atoms with Gasteiger partial charge in [0, 0.05) is 0 Å². The van der Waals surface area contributed by atoms with E-state index in [1.54, 1.807) is 27.2 Å². The molecule has 100 valence electrons. The average Bonchev–Trinajstić information content (AvgIpc) is 2.36. The molecule has 0 aromatic heterocycles. The molecule has 1 aromatic rings. The van der Waals surface area contributed by atoms with Gasteiger partial charge < -0.3 is 14.6 Å². The standard InChI is InChI=1S/C13H17BrO4/c1-7(8(2)13(15)16)9-5-6-10(17-3)11(14)12(9)18-4/h5-8H,1-4H3,(H,15,16). The van der Waals surface area contributed by atoms with E-state index in [9.17, 15) is 4.79 Å². The second kappa shape index (κ2) is 6.09. The van der Waals surface area contributed by atoms with Gasteiger partial charge in [0.05, 0.1) is 20.1 Å². The lowest BCUT2D eigenvalue weighted by Gasteiger charge is -2.21. The molecule has 1 N–H and O–H groups in total. The molecule has 2 atom stereocenters. The predicted molar refractivity (Wildman–Crippen MR) is 72.5 cm³/mol. The molecule has 0 amide bonds. The first-order valence-electron chi connectivity index (χ1n) is 5.57. The topological polar surface area (TPSA) is 55.8 Å². The van der Waals surface area contributed by atoms with Gasteiger partial charge in [-0.2, -0.15) is 0 Å². The highest BCUT2D eigenvalue weighted by atomic mass is 79.9. The second-order valence-electron chi connectivity index (χ2n) is 4.12. The van der Waals surface area contributed by atoms with Gasteiger partial charge in [0.2, 0.25) is 0 Å². The maximum Gasteiger partial charge on any atom is 0.306 e. The molecule has 0 spiro atoms. The SMILES string of the molecule is COc1ccc(C(C)C(C)C(=O)O)c(OC)c1Br. The average molecular weight is 317 g/mol. The number of halogens is 1. The van der Waals surface area contributed by atoms with Crippen LogP contribution in [-0.4, -0.2) is 25.3 Å². The van der Waals surface area contributed by atoms with Crippen molar-refractivity contribution in [2.75, 3.05) is 14.2 Å². The van der Waals surface area contributed by atoms with Gasteiger partial charge in [-0.3, -0.25) is 4.79 Å². The fourth-order valence-corrected chi connectivity index (χ4v) is 2.44. The summed E-state index contributed by atoms with van der Waals surface area (Å²) in [5.41, 5.74) is 0.847. The Hall–Kier alpha value is -1.23. The molecule has 1 rings (SSSR count). The normalized spacial score (nSPS) is 13.8. The van der Waals surface area contributed by atoms with E-state index in [2.05, 4.69) is 15.9 Å². The number of ether oxygens (including phenoxy) is 2. The molecule has 0 bridgehead atoms. The third-order valence-corrected chi connectivity index (χ3v) is 3.90. The molecule has 0 fully saturated rings. The zero-order chi connectivity index (χ0) is 13.9. The summed E-state index contributed by atoms with van der Waals surface area (Å²) < 4.78 is 11.2. The van der Waals surface area contributed by atoms with Crippen LogP contribution in [0.15, 0.2) is 16.6 Å². The van der Waals surface area contributed by atoms with E-state index in [1.165, 1.54) is 0 Å². The first-order chi connectivity index (χ1) is 8.43. The summed E-state index contributed by atoms with van der Waals surface area (Å²) >= 11 is 3.41. The lowest BCUT2D eigenvalue weighted by atomic mass is 9.88. The summed E-state index contributed by atoms with van der Waals surface area (Å²) in [5.74, 6) is -0.184. The smallest absolute Gasteiger partial charge is 0.306 e. The monoisotopic (exact) mass is 316 g/mol. The van der Waals surface area contributed by atoms with Crippen LogP contribution in [0.1, 0.15) is 25.3 Å². The number of aliphatic carboxylic acids is 1. The molecule has 0 aliphatic rings. The van der Waals surface area contributed by atoms with Crippen molar-refractivity contribution in [1.82, 2.24) is 0 Å². The summed E-state index contributed by atoms with van der Waals surface area (Å²) in [6.07, 6.45) is 0. The van der Waals surface area contributed by atoms with E-state index in [4.69, 9.17) is 14.6 Å². The number of rotatable bonds is 5. The highest BCUT2D eigenvalue weighted by Gasteiger charge is 2.25. The van der Waals surface area contributed by atoms with Crippen LogP contribution < -0.4 is 9.47 Å². The molecular weight excluding hydrogens is 300 g/mol. The lowest BCUT2D eigenvalue weighted by Crippen LogP contribution is -2.17. The summed E-state index contributed by atoms with van der Waals surface area (Å²) in [7, 11) is 3.13. The van der Waals surface area contributed by atoms with Crippen LogP contribution in [0.2, 0.25) is 0 Å². The van der Waals surface area contributed by atoms with E-state index in [1.807, 2.05) is 13.0 Å². The van der Waals surface area contributed by atoms with Gasteiger partial charge in [0.15, 0.2) is 0 Å². The van der Waals surface area contributed by atoms with E-state index in [-0.39, 0.29) is 5.92 Å². The number of methoxy groups -OCH3 is 2. The van der Waals surface area contributed by atoms with E-state index in [0.717, 1.165) is 5.56 Å². The van der Waals surface area contributed by atoms with Crippen molar-refractivity contribution in [3.63, 3.8) is 0 Å². The highest BCUT2D eigenvalue weighted by Crippen LogP contribution is 2.41. The van der Waals surface area contributed by atoms with Gasteiger partial charge in [0.1, 0.15) is 16.0 Å². The van der Waals surface area contributed by atoms with Crippen LogP contribution in [0, 0.1) is 5.92 Å². The van der Waals surface area contributed by atoms with Crippen molar-refractivity contribution in [3.05, 3.63) is 22.2 Å².